The minimum Gasteiger partial charge on any atom is -0.481 e. The lowest BCUT2D eigenvalue weighted by molar-refractivity contribution is -0.142. The van der Waals surface area contributed by atoms with E-state index in [0.717, 1.165) is 0 Å². The molecule has 7 heteroatoms. The SMILES string of the molecule is CC(C(=O)O)C(NC(=O)CC1(CS(C)(=O)=O)CC1)c1ccccc1. The Kier molecular flexibility index (Phi) is 5.32. The molecule has 0 radical (unpaired) electrons. The standard InChI is InChI=1S/C17H23NO5S/c1-12(16(20)21)15(13-6-4-3-5-7-13)18-14(19)10-17(8-9-17)11-24(2,22)23/h3-7,12,15H,8-11H2,1-2H3,(H,18,19)(H,20,21). The van der Waals surface area contributed by atoms with Gasteiger partial charge in [-0.15, -0.1) is 0 Å². The zero-order valence-electron chi connectivity index (χ0n) is 13.9. The van der Waals surface area contributed by atoms with Crippen LogP contribution in [0.1, 0.15) is 37.8 Å². The van der Waals surface area contributed by atoms with Gasteiger partial charge in [0, 0.05) is 12.7 Å². The van der Waals surface area contributed by atoms with Crippen molar-refractivity contribution in [2.45, 2.75) is 32.2 Å². The molecule has 1 aliphatic carbocycles. The highest BCUT2D eigenvalue weighted by Gasteiger charge is 2.47. The maximum absolute atomic E-state index is 12.4. The van der Waals surface area contributed by atoms with Crippen molar-refractivity contribution < 1.29 is 23.1 Å². The second-order valence-corrected chi connectivity index (χ2v) is 8.97. The Hall–Kier alpha value is -1.89. The van der Waals surface area contributed by atoms with Crippen LogP contribution in [0.15, 0.2) is 30.3 Å². The molecule has 0 saturated heterocycles. The van der Waals surface area contributed by atoms with Crippen molar-refractivity contribution in [1.82, 2.24) is 5.32 Å². The van der Waals surface area contributed by atoms with Gasteiger partial charge in [0.05, 0.1) is 17.7 Å². The van der Waals surface area contributed by atoms with Crippen molar-refractivity contribution in [3.8, 4) is 0 Å². The maximum atomic E-state index is 12.4. The molecule has 1 aromatic rings. The van der Waals surface area contributed by atoms with E-state index in [1.807, 2.05) is 6.07 Å². The second-order valence-electron chi connectivity index (χ2n) is 6.83. The van der Waals surface area contributed by atoms with Crippen LogP contribution in [0.25, 0.3) is 0 Å². The van der Waals surface area contributed by atoms with Crippen LogP contribution in [0.5, 0.6) is 0 Å². The summed E-state index contributed by atoms with van der Waals surface area (Å²) < 4.78 is 23.0. The zero-order valence-corrected chi connectivity index (χ0v) is 14.7. The van der Waals surface area contributed by atoms with Gasteiger partial charge in [0.15, 0.2) is 0 Å². The molecule has 2 N–H and O–H groups in total. The zero-order chi connectivity index (χ0) is 18.0. The molecule has 0 bridgehead atoms. The Balaban J connectivity index is 2.09. The van der Waals surface area contributed by atoms with E-state index in [1.54, 1.807) is 31.2 Å². The van der Waals surface area contributed by atoms with Crippen LogP contribution in [0.3, 0.4) is 0 Å². The predicted molar refractivity (Wildman–Crippen MR) is 90.1 cm³/mol. The van der Waals surface area contributed by atoms with Gasteiger partial charge in [0.25, 0.3) is 0 Å². The summed E-state index contributed by atoms with van der Waals surface area (Å²) >= 11 is 0. The van der Waals surface area contributed by atoms with Crippen molar-refractivity contribution >= 4 is 21.7 Å². The van der Waals surface area contributed by atoms with Gasteiger partial charge in [-0.2, -0.15) is 0 Å². The first-order valence-corrected chi connectivity index (χ1v) is 9.93. The Morgan fingerprint density at radius 1 is 1.25 bits per heavy atom. The van der Waals surface area contributed by atoms with Gasteiger partial charge in [0.2, 0.25) is 5.91 Å². The third kappa shape index (κ3) is 5.06. The topological polar surface area (TPSA) is 101 Å². The van der Waals surface area contributed by atoms with Gasteiger partial charge < -0.3 is 10.4 Å². The van der Waals surface area contributed by atoms with E-state index in [2.05, 4.69) is 5.32 Å². The number of hydrogen-bond acceptors (Lipinski definition) is 4. The number of hydrogen-bond donors (Lipinski definition) is 2. The summed E-state index contributed by atoms with van der Waals surface area (Å²) in [6.45, 7) is 1.55. The smallest absolute Gasteiger partial charge is 0.308 e. The lowest BCUT2D eigenvalue weighted by Gasteiger charge is -2.24. The van der Waals surface area contributed by atoms with E-state index < -0.39 is 33.2 Å². The summed E-state index contributed by atoms with van der Waals surface area (Å²) in [4.78, 5) is 23.7. The second kappa shape index (κ2) is 6.93. The molecule has 2 rings (SSSR count). The molecule has 6 nitrogen and oxygen atoms in total. The van der Waals surface area contributed by atoms with Crippen LogP contribution in [0, 0.1) is 11.3 Å². The Morgan fingerprint density at radius 2 is 1.83 bits per heavy atom. The molecule has 1 fully saturated rings. The first-order valence-electron chi connectivity index (χ1n) is 7.87. The van der Waals surface area contributed by atoms with Gasteiger partial charge >= 0.3 is 5.97 Å². The van der Waals surface area contributed by atoms with Crippen molar-refractivity contribution in [3.63, 3.8) is 0 Å². The summed E-state index contributed by atoms with van der Waals surface area (Å²) in [6, 6.07) is 8.29. The van der Waals surface area contributed by atoms with E-state index >= 15 is 0 Å². The normalized spacial score (nSPS) is 18.4. The fraction of sp³-hybridized carbons (Fsp3) is 0.529. The number of carbonyl (C=O) groups excluding carboxylic acids is 1. The van der Waals surface area contributed by atoms with Crippen LogP contribution in [0.2, 0.25) is 0 Å². The molecular formula is C17H23NO5S. The third-order valence-corrected chi connectivity index (χ3v) is 5.56. The fourth-order valence-corrected chi connectivity index (χ4v) is 4.47. The summed E-state index contributed by atoms with van der Waals surface area (Å²) in [7, 11) is -3.15. The van der Waals surface area contributed by atoms with Gasteiger partial charge in [-0.3, -0.25) is 9.59 Å². The molecular weight excluding hydrogens is 330 g/mol. The van der Waals surface area contributed by atoms with E-state index in [-0.39, 0.29) is 18.1 Å². The number of carbonyl (C=O) groups is 2. The largest absolute Gasteiger partial charge is 0.481 e. The molecule has 0 spiro atoms. The number of amides is 1. The number of nitrogens with one attached hydrogen (secondary N) is 1. The Labute approximate surface area is 142 Å². The molecule has 0 heterocycles. The van der Waals surface area contributed by atoms with Crippen LogP contribution in [0.4, 0.5) is 0 Å². The first-order chi connectivity index (χ1) is 11.1. The van der Waals surface area contributed by atoms with Crippen molar-refractivity contribution in [2.75, 3.05) is 12.0 Å². The number of aliphatic carboxylic acids is 1. The number of benzene rings is 1. The molecule has 0 aromatic heterocycles. The van der Waals surface area contributed by atoms with Crippen LogP contribution >= 0.6 is 0 Å². The highest BCUT2D eigenvalue weighted by Crippen LogP contribution is 2.49. The van der Waals surface area contributed by atoms with Crippen molar-refractivity contribution in [1.29, 1.82) is 0 Å². The lowest BCUT2D eigenvalue weighted by Crippen LogP contribution is -2.37. The van der Waals surface area contributed by atoms with Gasteiger partial charge in [-0.25, -0.2) is 8.42 Å². The number of carboxylic acid groups (broad SMARTS) is 1. The summed E-state index contributed by atoms with van der Waals surface area (Å²) in [5.41, 5.74) is 0.236. The summed E-state index contributed by atoms with van der Waals surface area (Å²) in [6.07, 6.45) is 2.69. The molecule has 1 saturated carbocycles. The Bertz CT molecular complexity index is 710. The highest BCUT2D eigenvalue weighted by molar-refractivity contribution is 7.90. The monoisotopic (exact) mass is 353 g/mol. The molecule has 24 heavy (non-hydrogen) atoms. The Morgan fingerprint density at radius 3 is 2.29 bits per heavy atom. The van der Waals surface area contributed by atoms with Crippen LogP contribution in [-0.4, -0.2) is 37.4 Å². The van der Waals surface area contributed by atoms with Gasteiger partial charge in [-0.05, 0) is 30.7 Å². The molecule has 2 unspecified atom stereocenters. The fourth-order valence-electron chi connectivity index (χ4n) is 2.97. The van der Waals surface area contributed by atoms with E-state index in [1.165, 1.54) is 6.26 Å². The van der Waals surface area contributed by atoms with Gasteiger partial charge in [-0.1, -0.05) is 30.3 Å². The average Bonchev–Trinajstić information content (AvgIpc) is 3.21. The van der Waals surface area contributed by atoms with Gasteiger partial charge in [0.1, 0.15) is 9.84 Å². The molecule has 1 aliphatic rings. The number of sulfone groups is 1. The number of carboxylic acids is 1. The van der Waals surface area contributed by atoms with E-state index in [0.29, 0.717) is 18.4 Å². The van der Waals surface area contributed by atoms with Crippen molar-refractivity contribution in [2.24, 2.45) is 11.3 Å². The highest BCUT2D eigenvalue weighted by atomic mass is 32.2. The maximum Gasteiger partial charge on any atom is 0.308 e. The molecule has 132 valence electrons. The summed E-state index contributed by atoms with van der Waals surface area (Å²) in [5.74, 6) is -2.10. The van der Waals surface area contributed by atoms with E-state index in [4.69, 9.17) is 0 Å². The van der Waals surface area contributed by atoms with Crippen LogP contribution in [-0.2, 0) is 19.4 Å². The average molecular weight is 353 g/mol. The van der Waals surface area contributed by atoms with Crippen molar-refractivity contribution in [3.05, 3.63) is 35.9 Å². The minimum absolute atomic E-state index is 0.00208. The quantitative estimate of drug-likeness (QED) is 0.742. The summed E-state index contributed by atoms with van der Waals surface area (Å²) in [5, 5.41) is 12.1. The van der Waals surface area contributed by atoms with E-state index in [9.17, 15) is 23.1 Å². The molecule has 1 amide bonds. The minimum atomic E-state index is -3.15. The molecule has 2 atom stereocenters. The predicted octanol–water partition coefficient (Wildman–Crippen LogP) is 1.78. The first kappa shape index (κ1) is 18.4. The molecule has 1 aromatic carbocycles. The number of rotatable bonds is 8. The van der Waals surface area contributed by atoms with Crippen LogP contribution < -0.4 is 5.32 Å². The lowest BCUT2D eigenvalue weighted by atomic mass is 9.93. The third-order valence-electron chi connectivity index (χ3n) is 4.43. The molecule has 0 aliphatic heterocycles.